The van der Waals surface area contributed by atoms with Crippen LogP contribution in [0.25, 0.3) is 0 Å². The Balaban J connectivity index is 2.24. The van der Waals surface area contributed by atoms with Gasteiger partial charge in [0.2, 0.25) is 0 Å². The van der Waals surface area contributed by atoms with Crippen LogP contribution in [0.2, 0.25) is 0 Å². The number of methoxy groups -OCH3 is 1. The Hall–Kier alpha value is -0.860. The van der Waals surface area contributed by atoms with E-state index in [1.807, 2.05) is 7.11 Å². The molecule has 1 saturated carbocycles. The molecule has 0 saturated heterocycles. The standard InChI is InChI=1S/C19H31NO/c1-6-14-20-17(19(21-5)12-7-13-19)15-8-10-16(11-9-15)18(2,3)4/h8-11,17,20H,6-7,12-14H2,1-5H3. The third kappa shape index (κ3) is 3.49. The molecule has 1 aromatic carbocycles. The second-order valence-corrected chi connectivity index (χ2v) is 7.38. The molecule has 0 heterocycles. The summed E-state index contributed by atoms with van der Waals surface area (Å²) in [5.74, 6) is 0. The Morgan fingerprint density at radius 3 is 2.19 bits per heavy atom. The molecule has 1 fully saturated rings. The molecule has 21 heavy (non-hydrogen) atoms. The lowest BCUT2D eigenvalue weighted by atomic mass is 9.72. The van der Waals surface area contributed by atoms with Gasteiger partial charge in [-0.25, -0.2) is 0 Å². The minimum Gasteiger partial charge on any atom is -0.376 e. The quantitative estimate of drug-likeness (QED) is 0.826. The van der Waals surface area contributed by atoms with Crippen molar-refractivity contribution in [1.29, 1.82) is 0 Å². The third-order valence-corrected chi connectivity index (χ3v) is 4.84. The molecule has 1 unspecified atom stereocenters. The minimum atomic E-state index is -0.00157. The summed E-state index contributed by atoms with van der Waals surface area (Å²) in [7, 11) is 1.86. The van der Waals surface area contributed by atoms with Crippen molar-refractivity contribution in [2.75, 3.05) is 13.7 Å². The summed E-state index contributed by atoms with van der Waals surface area (Å²) in [4.78, 5) is 0. The van der Waals surface area contributed by atoms with E-state index in [0.717, 1.165) is 25.8 Å². The van der Waals surface area contributed by atoms with Crippen LogP contribution in [0.3, 0.4) is 0 Å². The Morgan fingerprint density at radius 1 is 1.19 bits per heavy atom. The molecule has 118 valence electrons. The third-order valence-electron chi connectivity index (χ3n) is 4.84. The van der Waals surface area contributed by atoms with Gasteiger partial charge < -0.3 is 10.1 Å². The van der Waals surface area contributed by atoms with Gasteiger partial charge in [-0.2, -0.15) is 0 Å². The van der Waals surface area contributed by atoms with E-state index in [1.54, 1.807) is 0 Å². The lowest BCUT2D eigenvalue weighted by molar-refractivity contribution is -0.0997. The normalized spacial score (nSPS) is 19.1. The first-order valence-corrected chi connectivity index (χ1v) is 8.32. The van der Waals surface area contributed by atoms with Crippen LogP contribution in [-0.4, -0.2) is 19.3 Å². The molecule has 1 N–H and O–H groups in total. The van der Waals surface area contributed by atoms with E-state index in [4.69, 9.17) is 4.74 Å². The Kier molecular flexibility index (Phi) is 5.11. The van der Waals surface area contributed by atoms with Crippen molar-refractivity contribution in [3.63, 3.8) is 0 Å². The Labute approximate surface area is 130 Å². The maximum atomic E-state index is 5.92. The highest BCUT2D eigenvalue weighted by Gasteiger charge is 2.44. The summed E-state index contributed by atoms with van der Waals surface area (Å²) < 4.78 is 5.92. The zero-order chi connectivity index (χ0) is 15.5. The largest absolute Gasteiger partial charge is 0.376 e. The zero-order valence-electron chi connectivity index (χ0n) is 14.3. The number of rotatable bonds is 6. The van der Waals surface area contributed by atoms with Crippen LogP contribution in [0, 0.1) is 0 Å². The Morgan fingerprint density at radius 2 is 1.81 bits per heavy atom. The van der Waals surface area contributed by atoms with Crippen molar-refractivity contribution in [3.05, 3.63) is 35.4 Å². The number of benzene rings is 1. The molecule has 0 aliphatic heterocycles. The monoisotopic (exact) mass is 289 g/mol. The average molecular weight is 289 g/mol. The van der Waals surface area contributed by atoms with Crippen molar-refractivity contribution in [2.24, 2.45) is 0 Å². The molecule has 2 nitrogen and oxygen atoms in total. The fourth-order valence-electron chi connectivity index (χ4n) is 3.21. The van der Waals surface area contributed by atoms with Crippen molar-refractivity contribution in [3.8, 4) is 0 Å². The topological polar surface area (TPSA) is 21.3 Å². The summed E-state index contributed by atoms with van der Waals surface area (Å²) in [6, 6.07) is 9.43. The first-order chi connectivity index (χ1) is 9.93. The Bertz CT molecular complexity index is 434. The smallest absolute Gasteiger partial charge is 0.0872 e. The number of nitrogens with one attached hydrogen (secondary N) is 1. The van der Waals surface area contributed by atoms with Crippen LogP contribution < -0.4 is 5.32 Å². The van der Waals surface area contributed by atoms with E-state index in [1.165, 1.54) is 17.5 Å². The van der Waals surface area contributed by atoms with E-state index < -0.39 is 0 Å². The van der Waals surface area contributed by atoms with Gasteiger partial charge in [-0.3, -0.25) is 0 Å². The molecule has 2 heteroatoms. The second kappa shape index (κ2) is 6.50. The van der Waals surface area contributed by atoms with Crippen molar-refractivity contribution >= 4 is 0 Å². The number of ether oxygens (including phenoxy) is 1. The minimum absolute atomic E-state index is 0.00157. The molecule has 0 aromatic heterocycles. The highest BCUT2D eigenvalue weighted by atomic mass is 16.5. The second-order valence-electron chi connectivity index (χ2n) is 7.38. The summed E-state index contributed by atoms with van der Waals surface area (Å²) in [5, 5.41) is 3.71. The summed E-state index contributed by atoms with van der Waals surface area (Å²) in [6.07, 6.45) is 4.74. The van der Waals surface area contributed by atoms with Gasteiger partial charge in [0, 0.05) is 7.11 Å². The van der Waals surface area contributed by atoms with Gasteiger partial charge in [0.15, 0.2) is 0 Å². The summed E-state index contributed by atoms with van der Waals surface area (Å²) in [6.45, 7) is 10.0. The first kappa shape index (κ1) is 16.5. The maximum absolute atomic E-state index is 5.92. The van der Waals surface area contributed by atoms with E-state index >= 15 is 0 Å². The lowest BCUT2D eigenvalue weighted by Crippen LogP contribution is -2.50. The molecule has 0 spiro atoms. The SMILES string of the molecule is CCCNC(c1ccc(C(C)(C)C)cc1)C1(OC)CCC1. The van der Waals surface area contributed by atoms with Crippen LogP contribution in [0.1, 0.15) is 70.5 Å². The lowest BCUT2D eigenvalue weighted by Gasteiger charge is -2.47. The van der Waals surface area contributed by atoms with Crippen molar-refractivity contribution in [2.45, 2.75) is 70.4 Å². The molecule has 0 amide bonds. The van der Waals surface area contributed by atoms with Gasteiger partial charge >= 0.3 is 0 Å². The van der Waals surface area contributed by atoms with Gasteiger partial charge in [-0.05, 0) is 48.8 Å². The maximum Gasteiger partial charge on any atom is 0.0872 e. The van der Waals surface area contributed by atoms with Crippen molar-refractivity contribution in [1.82, 2.24) is 5.32 Å². The van der Waals surface area contributed by atoms with Crippen LogP contribution >= 0.6 is 0 Å². The van der Waals surface area contributed by atoms with Gasteiger partial charge in [0.25, 0.3) is 0 Å². The van der Waals surface area contributed by atoms with Gasteiger partial charge in [0.1, 0.15) is 0 Å². The van der Waals surface area contributed by atoms with Crippen LogP contribution in [0.15, 0.2) is 24.3 Å². The molecule has 0 radical (unpaired) electrons. The predicted octanol–water partition coefficient (Wildman–Crippen LogP) is 4.59. The highest BCUT2D eigenvalue weighted by molar-refractivity contribution is 5.31. The van der Waals surface area contributed by atoms with Gasteiger partial charge in [0.05, 0.1) is 11.6 Å². The van der Waals surface area contributed by atoms with Crippen molar-refractivity contribution < 1.29 is 4.74 Å². The summed E-state index contributed by atoms with van der Waals surface area (Å²) in [5.41, 5.74) is 2.96. The molecule has 1 aromatic rings. The van der Waals surface area contributed by atoms with E-state index in [2.05, 4.69) is 57.3 Å². The van der Waals surface area contributed by atoms with Crippen LogP contribution in [-0.2, 0) is 10.2 Å². The number of hydrogen-bond acceptors (Lipinski definition) is 2. The fourth-order valence-corrected chi connectivity index (χ4v) is 3.21. The molecular weight excluding hydrogens is 258 g/mol. The van der Waals surface area contributed by atoms with E-state index in [-0.39, 0.29) is 11.0 Å². The molecule has 1 aliphatic carbocycles. The van der Waals surface area contributed by atoms with Crippen LogP contribution in [0.4, 0.5) is 0 Å². The average Bonchev–Trinajstić information content (AvgIpc) is 2.41. The fraction of sp³-hybridized carbons (Fsp3) is 0.684. The van der Waals surface area contributed by atoms with Crippen LogP contribution in [0.5, 0.6) is 0 Å². The molecular formula is C19H31NO. The molecule has 0 bridgehead atoms. The predicted molar refractivity (Wildman–Crippen MR) is 89.8 cm³/mol. The molecule has 1 aliphatic rings. The van der Waals surface area contributed by atoms with E-state index in [0.29, 0.717) is 6.04 Å². The first-order valence-electron chi connectivity index (χ1n) is 8.32. The van der Waals surface area contributed by atoms with E-state index in [9.17, 15) is 0 Å². The molecule has 2 rings (SSSR count). The van der Waals surface area contributed by atoms with Gasteiger partial charge in [-0.1, -0.05) is 52.0 Å². The number of hydrogen-bond donors (Lipinski definition) is 1. The summed E-state index contributed by atoms with van der Waals surface area (Å²) >= 11 is 0. The zero-order valence-corrected chi connectivity index (χ0v) is 14.3. The van der Waals surface area contributed by atoms with Gasteiger partial charge in [-0.15, -0.1) is 0 Å². The highest BCUT2D eigenvalue weighted by Crippen LogP contribution is 2.45. The molecule has 1 atom stereocenters.